The largest absolute Gasteiger partial charge is 0.496 e. The van der Waals surface area contributed by atoms with Crippen molar-refractivity contribution in [3.8, 4) is 5.75 Å². The van der Waals surface area contributed by atoms with Crippen LogP contribution >= 0.6 is 0 Å². The van der Waals surface area contributed by atoms with Gasteiger partial charge in [-0.25, -0.2) is 0 Å². The molecule has 0 spiro atoms. The molecule has 0 saturated heterocycles. The Morgan fingerprint density at radius 3 is 2.30 bits per heavy atom. The van der Waals surface area contributed by atoms with Gasteiger partial charge in [0.1, 0.15) is 5.75 Å². The standard InChI is InChI=1S/C16H25NO3/c1-12-9-14(10-13(2)16(12)20-5)11-17(3)8-6-7-15(18)19-4/h9-10H,6-8,11H2,1-5H3. The molecule has 1 aromatic carbocycles. The lowest BCUT2D eigenvalue weighted by molar-refractivity contribution is -0.140. The molecule has 0 aliphatic carbocycles. The van der Waals surface area contributed by atoms with E-state index in [1.54, 1.807) is 7.11 Å². The van der Waals surface area contributed by atoms with Crippen molar-refractivity contribution in [2.75, 3.05) is 27.8 Å². The second-order valence-electron chi connectivity index (χ2n) is 5.18. The van der Waals surface area contributed by atoms with Crippen molar-refractivity contribution in [2.24, 2.45) is 0 Å². The summed E-state index contributed by atoms with van der Waals surface area (Å²) in [5, 5.41) is 0. The number of ether oxygens (including phenoxy) is 2. The molecule has 0 bridgehead atoms. The molecule has 0 amide bonds. The van der Waals surface area contributed by atoms with E-state index in [1.807, 2.05) is 0 Å². The second kappa shape index (κ2) is 7.90. The summed E-state index contributed by atoms with van der Waals surface area (Å²) in [6, 6.07) is 4.31. The highest BCUT2D eigenvalue weighted by Gasteiger charge is 2.08. The molecule has 0 fully saturated rings. The quantitative estimate of drug-likeness (QED) is 0.719. The Hall–Kier alpha value is -1.55. The van der Waals surface area contributed by atoms with E-state index in [0.717, 1.165) is 36.4 Å². The maximum Gasteiger partial charge on any atom is 0.305 e. The fourth-order valence-electron chi connectivity index (χ4n) is 2.44. The third kappa shape index (κ3) is 4.85. The van der Waals surface area contributed by atoms with Gasteiger partial charge in [0.05, 0.1) is 14.2 Å². The number of benzene rings is 1. The molecule has 0 radical (unpaired) electrons. The maximum atomic E-state index is 11.1. The van der Waals surface area contributed by atoms with Crippen LogP contribution < -0.4 is 4.74 Å². The summed E-state index contributed by atoms with van der Waals surface area (Å²) in [5.41, 5.74) is 3.58. The van der Waals surface area contributed by atoms with E-state index in [2.05, 4.69) is 42.7 Å². The maximum absolute atomic E-state index is 11.1. The fraction of sp³-hybridized carbons (Fsp3) is 0.562. The first-order chi connectivity index (χ1) is 9.47. The normalized spacial score (nSPS) is 10.7. The van der Waals surface area contributed by atoms with Crippen LogP contribution in [-0.4, -0.2) is 38.7 Å². The fourth-order valence-corrected chi connectivity index (χ4v) is 2.44. The van der Waals surface area contributed by atoms with Gasteiger partial charge in [-0.2, -0.15) is 0 Å². The summed E-state index contributed by atoms with van der Waals surface area (Å²) in [6.45, 7) is 5.87. The van der Waals surface area contributed by atoms with Gasteiger partial charge in [0.25, 0.3) is 0 Å². The molecule has 0 aliphatic heterocycles. The lowest BCUT2D eigenvalue weighted by Gasteiger charge is -2.18. The number of hydrogen-bond acceptors (Lipinski definition) is 4. The molecule has 0 N–H and O–H groups in total. The molecule has 0 saturated carbocycles. The van der Waals surface area contributed by atoms with Gasteiger partial charge < -0.3 is 14.4 Å². The van der Waals surface area contributed by atoms with E-state index < -0.39 is 0 Å². The number of esters is 1. The van der Waals surface area contributed by atoms with Crippen LogP contribution in [0.15, 0.2) is 12.1 Å². The van der Waals surface area contributed by atoms with Gasteiger partial charge in [-0.05, 0) is 50.6 Å². The number of carbonyl (C=O) groups excluding carboxylic acids is 1. The Morgan fingerprint density at radius 1 is 1.20 bits per heavy atom. The Kier molecular flexibility index (Phi) is 6.52. The zero-order chi connectivity index (χ0) is 15.1. The molecule has 0 atom stereocenters. The number of hydrogen-bond donors (Lipinski definition) is 0. The molecule has 0 unspecified atom stereocenters. The minimum Gasteiger partial charge on any atom is -0.496 e. The van der Waals surface area contributed by atoms with Gasteiger partial charge in [-0.3, -0.25) is 4.79 Å². The van der Waals surface area contributed by atoms with Crippen molar-refractivity contribution in [1.82, 2.24) is 4.90 Å². The van der Waals surface area contributed by atoms with E-state index in [1.165, 1.54) is 12.7 Å². The topological polar surface area (TPSA) is 38.8 Å². The van der Waals surface area contributed by atoms with Gasteiger partial charge in [0.2, 0.25) is 0 Å². The average molecular weight is 279 g/mol. The molecule has 20 heavy (non-hydrogen) atoms. The average Bonchev–Trinajstić information content (AvgIpc) is 2.38. The molecular weight excluding hydrogens is 254 g/mol. The monoisotopic (exact) mass is 279 g/mol. The molecule has 4 heteroatoms. The number of aryl methyl sites for hydroxylation is 2. The SMILES string of the molecule is COC(=O)CCCN(C)Cc1cc(C)c(OC)c(C)c1. The lowest BCUT2D eigenvalue weighted by Crippen LogP contribution is -2.20. The minimum absolute atomic E-state index is 0.144. The van der Waals surface area contributed by atoms with Gasteiger partial charge in [0.15, 0.2) is 0 Å². The number of nitrogens with zero attached hydrogens (tertiary/aromatic N) is 1. The number of methoxy groups -OCH3 is 2. The Morgan fingerprint density at radius 2 is 1.80 bits per heavy atom. The van der Waals surface area contributed by atoms with E-state index in [9.17, 15) is 4.79 Å². The van der Waals surface area contributed by atoms with E-state index in [0.29, 0.717) is 6.42 Å². The van der Waals surface area contributed by atoms with Gasteiger partial charge in [-0.1, -0.05) is 12.1 Å². The molecule has 0 aromatic heterocycles. The summed E-state index contributed by atoms with van der Waals surface area (Å²) in [4.78, 5) is 13.3. The van der Waals surface area contributed by atoms with Gasteiger partial charge >= 0.3 is 5.97 Å². The van der Waals surface area contributed by atoms with Crippen molar-refractivity contribution in [2.45, 2.75) is 33.2 Å². The summed E-state index contributed by atoms with van der Waals surface area (Å²) in [7, 11) is 5.19. The molecule has 0 heterocycles. The van der Waals surface area contributed by atoms with E-state index >= 15 is 0 Å². The predicted molar refractivity (Wildman–Crippen MR) is 80.1 cm³/mol. The number of rotatable bonds is 7. The third-order valence-electron chi connectivity index (χ3n) is 3.33. The van der Waals surface area contributed by atoms with Crippen LogP contribution in [0.4, 0.5) is 0 Å². The molecule has 112 valence electrons. The highest BCUT2D eigenvalue weighted by molar-refractivity contribution is 5.69. The van der Waals surface area contributed by atoms with Crippen LogP contribution in [0, 0.1) is 13.8 Å². The van der Waals surface area contributed by atoms with Crippen LogP contribution in [0.1, 0.15) is 29.5 Å². The minimum atomic E-state index is -0.144. The van der Waals surface area contributed by atoms with Crippen molar-refractivity contribution in [1.29, 1.82) is 0 Å². The van der Waals surface area contributed by atoms with E-state index in [-0.39, 0.29) is 5.97 Å². The molecular formula is C16H25NO3. The highest BCUT2D eigenvalue weighted by Crippen LogP contribution is 2.24. The first-order valence-electron chi connectivity index (χ1n) is 6.87. The molecule has 1 aromatic rings. The predicted octanol–water partition coefficient (Wildman–Crippen LogP) is 2.70. The van der Waals surface area contributed by atoms with E-state index in [4.69, 9.17) is 4.74 Å². The van der Waals surface area contributed by atoms with Crippen molar-refractivity contribution >= 4 is 5.97 Å². The highest BCUT2D eigenvalue weighted by atomic mass is 16.5. The first-order valence-corrected chi connectivity index (χ1v) is 6.87. The van der Waals surface area contributed by atoms with Gasteiger partial charge in [-0.15, -0.1) is 0 Å². The second-order valence-corrected chi connectivity index (χ2v) is 5.18. The van der Waals surface area contributed by atoms with Crippen molar-refractivity contribution in [3.05, 3.63) is 28.8 Å². The summed E-state index contributed by atoms with van der Waals surface area (Å²) < 4.78 is 10.0. The van der Waals surface area contributed by atoms with Crippen molar-refractivity contribution in [3.63, 3.8) is 0 Å². The van der Waals surface area contributed by atoms with Crippen LogP contribution in [0.5, 0.6) is 5.75 Å². The Balaban J connectivity index is 2.54. The zero-order valence-corrected chi connectivity index (χ0v) is 13.2. The molecule has 1 rings (SSSR count). The van der Waals surface area contributed by atoms with Crippen LogP contribution in [0.3, 0.4) is 0 Å². The Labute approximate surface area is 121 Å². The van der Waals surface area contributed by atoms with Gasteiger partial charge in [0, 0.05) is 13.0 Å². The molecule has 0 aliphatic rings. The van der Waals surface area contributed by atoms with Crippen molar-refractivity contribution < 1.29 is 14.3 Å². The smallest absolute Gasteiger partial charge is 0.305 e. The lowest BCUT2D eigenvalue weighted by atomic mass is 10.1. The first kappa shape index (κ1) is 16.5. The van der Waals surface area contributed by atoms with Crippen LogP contribution in [0.25, 0.3) is 0 Å². The van der Waals surface area contributed by atoms with Crippen LogP contribution in [0.2, 0.25) is 0 Å². The summed E-state index contributed by atoms with van der Waals surface area (Å²) >= 11 is 0. The number of carbonyl (C=O) groups is 1. The molecule has 4 nitrogen and oxygen atoms in total. The summed E-state index contributed by atoms with van der Waals surface area (Å²) in [5.74, 6) is 0.816. The zero-order valence-electron chi connectivity index (χ0n) is 13.2. The third-order valence-corrected chi connectivity index (χ3v) is 3.33. The Bertz CT molecular complexity index is 434. The van der Waals surface area contributed by atoms with Crippen LogP contribution in [-0.2, 0) is 16.1 Å². The summed E-state index contributed by atoms with van der Waals surface area (Å²) in [6.07, 6.45) is 1.29.